The van der Waals surface area contributed by atoms with E-state index in [9.17, 15) is 4.79 Å². The summed E-state index contributed by atoms with van der Waals surface area (Å²) in [4.78, 5) is 16.3. The number of amides is 1. The molecule has 3 aromatic rings. The number of carbonyl (C=O) groups is 1. The summed E-state index contributed by atoms with van der Waals surface area (Å²) in [5.41, 5.74) is 5.79. The van der Waals surface area contributed by atoms with Crippen LogP contribution in [0.1, 0.15) is 34.3 Å². The number of aryl methyl sites for hydroxylation is 1. The Kier molecular flexibility index (Phi) is 7.10. The number of hydrogen-bond acceptors (Lipinski definition) is 3. The lowest BCUT2D eigenvalue weighted by Crippen LogP contribution is -2.44. The van der Waals surface area contributed by atoms with Crippen molar-refractivity contribution >= 4 is 17.7 Å². The van der Waals surface area contributed by atoms with Crippen LogP contribution in [0.15, 0.2) is 77.7 Å². The number of benzene rings is 3. The first-order valence-corrected chi connectivity index (χ1v) is 12.2. The van der Waals surface area contributed by atoms with Crippen LogP contribution in [0.5, 0.6) is 0 Å². The van der Waals surface area contributed by atoms with Crippen LogP contribution < -0.4 is 5.32 Å². The third kappa shape index (κ3) is 5.78. The van der Waals surface area contributed by atoms with E-state index in [1.54, 1.807) is 11.8 Å². The lowest BCUT2D eigenvalue weighted by atomic mass is 10.0. The van der Waals surface area contributed by atoms with E-state index >= 15 is 0 Å². The zero-order valence-corrected chi connectivity index (χ0v) is 19.1. The maximum absolute atomic E-state index is 12.5. The number of carbonyl (C=O) groups excluding carboxylic acids is 1. The summed E-state index contributed by atoms with van der Waals surface area (Å²) in [6.45, 7) is 5.00. The summed E-state index contributed by atoms with van der Waals surface area (Å²) >= 11 is 1.77. The van der Waals surface area contributed by atoms with E-state index in [1.807, 2.05) is 31.2 Å². The molecule has 1 N–H and O–H groups in total. The van der Waals surface area contributed by atoms with Gasteiger partial charge < -0.3 is 5.32 Å². The van der Waals surface area contributed by atoms with Gasteiger partial charge in [-0.3, -0.25) is 9.69 Å². The minimum Gasteiger partial charge on any atom is -0.349 e. The molecule has 1 aliphatic heterocycles. The van der Waals surface area contributed by atoms with E-state index in [0.29, 0.717) is 0 Å². The highest BCUT2D eigenvalue weighted by Crippen LogP contribution is 2.25. The van der Waals surface area contributed by atoms with E-state index in [2.05, 4.69) is 65.0 Å². The number of thioether (sulfide) groups is 1. The standard InChI is InChI=1S/C27H30N2OS/c1-20-6-8-23(9-7-20)27(30)28-25-14-16-29(17-15-25)19-21-4-3-5-24(18-21)22-10-12-26(31-2)13-11-22/h3-13,18,25H,14-17,19H2,1-2H3,(H,28,30). The molecule has 1 amide bonds. The number of likely N-dealkylation sites (tertiary alicyclic amines) is 1. The lowest BCUT2D eigenvalue weighted by molar-refractivity contribution is 0.0909. The van der Waals surface area contributed by atoms with Gasteiger partial charge in [0.05, 0.1) is 0 Å². The van der Waals surface area contributed by atoms with Crippen molar-refractivity contribution in [3.63, 3.8) is 0 Å². The molecule has 0 spiro atoms. The Balaban J connectivity index is 1.30. The second-order valence-electron chi connectivity index (χ2n) is 8.32. The van der Waals surface area contributed by atoms with Crippen LogP contribution >= 0.6 is 11.8 Å². The third-order valence-electron chi connectivity index (χ3n) is 5.99. The van der Waals surface area contributed by atoms with Crippen LogP contribution in [0.2, 0.25) is 0 Å². The molecule has 0 aliphatic carbocycles. The highest BCUT2D eigenvalue weighted by Gasteiger charge is 2.21. The maximum atomic E-state index is 12.5. The molecule has 0 saturated carbocycles. The molecule has 1 saturated heterocycles. The lowest BCUT2D eigenvalue weighted by Gasteiger charge is -2.32. The number of nitrogens with zero attached hydrogens (tertiary/aromatic N) is 1. The van der Waals surface area contributed by atoms with Gasteiger partial charge in [-0.2, -0.15) is 0 Å². The molecule has 0 unspecified atom stereocenters. The van der Waals surface area contributed by atoms with E-state index < -0.39 is 0 Å². The molecule has 4 heteroatoms. The average Bonchev–Trinajstić information content (AvgIpc) is 2.81. The van der Waals surface area contributed by atoms with Gasteiger partial charge >= 0.3 is 0 Å². The topological polar surface area (TPSA) is 32.3 Å². The minimum atomic E-state index is 0.0404. The molecule has 160 valence electrons. The number of nitrogens with one attached hydrogen (secondary N) is 1. The van der Waals surface area contributed by atoms with Gasteiger partial charge in [-0.25, -0.2) is 0 Å². The van der Waals surface area contributed by atoms with Gasteiger partial charge in [0, 0.05) is 36.1 Å². The molecule has 0 atom stereocenters. The van der Waals surface area contributed by atoms with Gasteiger partial charge in [-0.05, 0) is 73.0 Å². The van der Waals surface area contributed by atoms with Crippen molar-refractivity contribution in [3.8, 4) is 11.1 Å². The Morgan fingerprint density at radius 2 is 1.68 bits per heavy atom. The highest BCUT2D eigenvalue weighted by atomic mass is 32.2. The fraction of sp³-hybridized carbons (Fsp3) is 0.296. The van der Waals surface area contributed by atoms with E-state index in [4.69, 9.17) is 0 Å². The summed E-state index contributed by atoms with van der Waals surface area (Å²) in [5.74, 6) is 0.0404. The molecule has 31 heavy (non-hydrogen) atoms. The second kappa shape index (κ2) is 10.2. The van der Waals surface area contributed by atoms with Gasteiger partial charge in [-0.1, -0.05) is 48.0 Å². The van der Waals surface area contributed by atoms with Crippen molar-refractivity contribution in [2.45, 2.75) is 37.2 Å². The van der Waals surface area contributed by atoms with Crippen LogP contribution in [0.25, 0.3) is 11.1 Å². The Morgan fingerprint density at radius 3 is 2.35 bits per heavy atom. The van der Waals surface area contributed by atoms with Crippen LogP contribution in [0.3, 0.4) is 0 Å². The van der Waals surface area contributed by atoms with Crippen molar-refractivity contribution in [2.75, 3.05) is 19.3 Å². The predicted molar refractivity (Wildman–Crippen MR) is 131 cm³/mol. The number of hydrogen-bond donors (Lipinski definition) is 1. The van der Waals surface area contributed by atoms with Crippen LogP contribution in [0, 0.1) is 6.92 Å². The molecule has 4 rings (SSSR count). The Bertz CT molecular complexity index is 1010. The minimum absolute atomic E-state index is 0.0404. The van der Waals surface area contributed by atoms with Crippen molar-refractivity contribution < 1.29 is 4.79 Å². The van der Waals surface area contributed by atoms with E-state index in [0.717, 1.165) is 38.0 Å². The first kappa shape index (κ1) is 21.7. The highest BCUT2D eigenvalue weighted by molar-refractivity contribution is 7.98. The number of piperidine rings is 1. The first-order valence-electron chi connectivity index (χ1n) is 10.9. The van der Waals surface area contributed by atoms with Crippen LogP contribution in [0.4, 0.5) is 0 Å². The smallest absolute Gasteiger partial charge is 0.251 e. The fourth-order valence-corrected chi connectivity index (χ4v) is 4.51. The van der Waals surface area contributed by atoms with Gasteiger partial charge in [0.1, 0.15) is 0 Å². The van der Waals surface area contributed by atoms with Crippen LogP contribution in [-0.2, 0) is 6.54 Å². The zero-order valence-electron chi connectivity index (χ0n) is 18.3. The van der Waals surface area contributed by atoms with Crippen molar-refractivity contribution in [3.05, 3.63) is 89.5 Å². The zero-order chi connectivity index (χ0) is 21.6. The quantitative estimate of drug-likeness (QED) is 0.503. The fourth-order valence-electron chi connectivity index (χ4n) is 4.10. The summed E-state index contributed by atoms with van der Waals surface area (Å²) in [6.07, 6.45) is 4.09. The first-order chi connectivity index (χ1) is 15.1. The molecule has 3 aromatic carbocycles. The summed E-state index contributed by atoms with van der Waals surface area (Å²) in [5, 5.41) is 3.21. The normalized spacial score (nSPS) is 15.0. The molecule has 3 nitrogen and oxygen atoms in total. The molecular weight excluding hydrogens is 400 g/mol. The van der Waals surface area contributed by atoms with Crippen molar-refractivity contribution in [2.24, 2.45) is 0 Å². The molecule has 1 aliphatic rings. The van der Waals surface area contributed by atoms with E-state index in [1.165, 1.54) is 27.1 Å². The summed E-state index contributed by atoms with van der Waals surface area (Å²) < 4.78 is 0. The molecule has 0 bridgehead atoms. The third-order valence-corrected chi connectivity index (χ3v) is 6.74. The molecule has 0 radical (unpaired) electrons. The molecule has 1 fully saturated rings. The molecular formula is C27H30N2OS. The summed E-state index contributed by atoms with van der Waals surface area (Å²) in [6, 6.07) is 25.7. The monoisotopic (exact) mass is 430 g/mol. The van der Waals surface area contributed by atoms with Gasteiger partial charge in [0.25, 0.3) is 5.91 Å². The summed E-state index contributed by atoms with van der Waals surface area (Å²) in [7, 11) is 0. The van der Waals surface area contributed by atoms with Crippen molar-refractivity contribution in [1.82, 2.24) is 10.2 Å². The SMILES string of the molecule is CSc1ccc(-c2cccc(CN3CCC(NC(=O)c4ccc(C)cc4)CC3)c2)cc1. The van der Waals surface area contributed by atoms with Crippen molar-refractivity contribution in [1.29, 1.82) is 0 Å². The Hall–Kier alpha value is -2.56. The average molecular weight is 431 g/mol. The van der Waals surface area contributed by atoms with Gasteiger partial charge in [0.2, 0.25) is 0 Å². The maximum Gasteiger partial charge on any atom is 0.251 e. The molecule has 0 aromatic heterocycles. The van der Waals surface area contributed by atoms with Gasteiger partial charge in [-0.15, -0.1) is 11.8 Å². The largest absolute Gasteiger partial charge is 0.349 e. The number of rotatable bonds is 6. The predicted octanol–water partition coefficient (Wildman–Crippen LogP) is 5.78. The second-order valence-corrected chi connectivity index (χ2v) is 9.20. The van der Waals surface area contributed by atoms with Crippen LogP contribution in [-0.4, -0.2) is 36.2 Å². The Labute approximate surface area is 189 Å². The molecule has 1 heterocycles. The van der Waals surface area contributed by atoms with Gasteiger partial charge in [0.15, 0.2) is 0 Å². The Morgan fingerprint density at radius 1 is 0.968 bits per heavy atom. The van der Waals surface area contributed by atoms with E-state index in [-0.39, 0.29) is 11.9 Å².